The second kappa shape index (κ2) is 7.60. The number of nitrogens with zero attached hydrogens (tertiary/aromatic N) is 3. The normalized spacial score (nSPS) is 13.3. The van der Waals surface area contributed by atoms with Crippen LogP contribution < -0.4 is 0 Å². The first-order valence-electron chi connectivity index (χ1n) is 6.63. The van der Waals surface area contributed by atoms with Crippen molar-refractivity contribution in [2.24, 2.45) is 0 Å². The van der Waals surface area contributed by atoms with Crippen LogP contribution in [0.4, 0.5) is 0 Å². The number of hydrazine groups is 1. The summed E-state index contributed by atoms with van der Waals surface area (Å²) in [6.45, 7) is 18.7. The molecule has 0 aromatic carbocycles. The van der Waals surface area contributed by atoms with E-state index in [1.54, 1.807) is 0 Å². The summed E-state index contributed by atoms with van der Waals surface area (Å²) in [5, 5.41) is 2.52. The van der Waals surface area contributed by atoms with Crippen molar-refractivity contribution in [1.29, 1.82) is 0 Å². The first-order chi connectivity index (χ1) is 7.42. The summed E-state index contributed by atoms with van der Waals surface area (Å²) in [5.41, 5.74) is 0. The monoisotopic (exact) mass is 261 g/mol. The molecular formula is C11H31N3Si2. The van der Waals surface area contributed by atoms with Crippen LogP contribution in [-0.4, -0.2) is 65.2 Å². The maximum Gasteiger partial charge on any atom is 0.143 e. The minimum absolute atomic E-state index is 1.15. The zero-order valence-electron chi connectivity index (χ0n) is 12.4. The first-order valence-corrected chi connectivity index (χ1v) is 10.7. The van der Waals surface area contributed by atoms with Crippen LogP contribution >= 0.6 is 0 Å². The minimum Gasteiger partial charge on any atom is -0.305 e. The largest absolute Gasteiger partial charge is 0.305 e. The third kappa shape index (κ3) is 4.67. The molecule has 0 radical (unpaired) electrons. The fourth-order valence-electron chi connectivity index (χ4n) is 2.13. The van der Waals surface area contributed by atoms with Gasteiger partial charge in [0.2, 0.25) is 0 Å². The molecule has 0 aliphatic heterocycles. The summed E-state index contributed by atoms with van der Waals surface area (Å²) in [7, 11) is -0.115. The number of rotatable bonds is 8. The van der Waals surface area contributed by atoms with E-state index >= 15 is 0 Å². The maximum atomic E-state index is 2.67. The molecule has 0 rings (SSSR count). The zero-order valence-corrected chi connectivity index (χ0v) is 15.4. The van der Waals surface area contributed by atoms with E-state index in [9.17, 15) is 0 Å². The molecule has 16 heavy (non-hydrogen) atoms. The van der Waals surface area contributed by atoms with Gasteiger partial charge in [0.15, 0.2) is 0 Å². The quantitative estimate of drug-likeness (QED) is 0.475. The Morgan fingerprint density at radius 3 is 1.62 bits per heavy atom. The highest BCUT2D eigenvalue weighted by molar-refractivity contribution is 6.78. The first kappa shape index (κ1) is 16.3. The van der Waals surface area contributed by atoms with Crippen molar-refractivity contribution in [1.82, 2.24) is 14.2 Å². The van der Waals surface area contributed by atoms with Gasteiger partial charge in [0.25, 0.3) is 0 Å². The van der Waals surface area contributed by atoms with Crippen LogP contribution in [-0.2, 0) is 0 Å². The van der Waals surface area contributed by atoms with Crippen LogP contribution in [0.1, 0.15) is 27.7 Å². The van der Waals surface area contributed by atoms with Gasteiger partial charge in [0.1, 0.15) is 8.24 Å². The Labute approximate surface area is 106 Å². The third-order valence-electron chi connectivity index (χ3n) is 3.54. The summed E-state index contributed by atoms with van der Waals surface area (Å²) < 4.78 is 2.67. The van der Waals surface area contributed by atoms with Gasteiger partial charge in [-0.15, -0.1) is 0 Å². The SMILES string of the molecule is CCN(CC)C[Si](C)(C)N([SiH3])N(CC)CC. The Kier molecular flexibility index (Phi) is 7.75. The third-order valence-corrected chi connectivity index (χ3v) is 11.0. The van der Waals surface area contributed by atoms with Gasteiger partial charge in [-0.25, -0.2) is 0 Å². The molecule has 0 fully saturated rings. The highest BCUT2D eigenvalue weighted by Crippen LogP contribution is 2.12. The summed E-state index contributed by atoms with van der Waals surface area (Å²) in [4.78, 5) is 2.57. The molecule has 0 saturated carbocycles. The molecular weight excluding hydrogens is 230 g/mol. The average molecular weight is 262 g/mol. The average Bonchev–Trinajstić information content (AvgIpc) is 2.27. The van der Waals surface area contributed by atoms with Crippen molar-refractivity contribution in [3.8, 4) is 0 Å². The molecule has 0 heterocycles. The highest BCUT2D eigenvalue weighted by Gasteiger charge is 2.30. The predicted molar refractivity (Wildman–Crippen MR) is 80.0 cm³/mol. The van der Waals surface area contributed by atoms with E-state index in [2.05, 4.69) is 55.0 Å². The Morgan fingerprint density at radius 2 is 1.31 bits per heavy atom. The molecule has 0 saturated heterocycles. The van der Waals surface area contributed by atoms with Gasteiger partial charge in [0, 0.05) is 19.3 Å². The molecule has 5 heteroatoms. The van der Waals surface area contributed by atoms with Gasteiger partial charge < -0.3 is 4.90 Å². The number of hydrogen-bond donors (Lipinski definition) is 0. The molecule has 0 atom stereocenters. The van der Waals surface area contributed by atoms with Crippen LogP contribution in [0.3, 0.4) is 0 Å². The fraction of sp³-hybridized carbons (Fsp3) is 1.00. The lowest BCUT2D eigenvalue weighted by atomic mass is 10.6. The topological polar surface area (TPSA) is 9.72 Å². The second-order valence-corrected chi connectivity index (χ2v) is 11.3. The maximum absolute atomic E-state index is 2.67. The molecule has 0 spiro atoms. The second-order valence-electron chi connectivity index (χ2n) is 4.94. The van der Waals surface area contributed by atoms with E-state index < -0.39 is 8.24 Å². The Hall–Kier alpha value is 0.314. The van der Waals surface area contributed by atoms with Gasteiger partial charge in [0.05, 0.1) is 10.4 Å². The summed E-state index contributed by atoms with van der Waals surface area (Å²) in [5.74, 6) is 0. The standard InChI is InChI=1S/C11H31N3Si2/c1-7-12(8-2)11-16(5,6)14(15)13(9-3)10-4/h7-11H2,1-6,15H3. The molecule has 98 valence electrons. The van der Waals surface area contributed by atoms with Crippen molar-refractivity contribution in [2.45, 2.75) is 40.8 Å². The number of hydrogen-bond acceptors (Lipinski definition) is 3. The van der Waals surface area contributed by atoms with Gasteiger partial charge in [-0.3, -0.25) is 9.35 Å². The molecule has 0 aromatic rings. The summed E-state index contributed by atoms with van der Waals surface area (Å²) >= 11 is 0. The van der Waals surface area contributed by atoms with Gasteiger partial charge in [-0.2, -0.15) is 0 Å². The minimum atomic E-state index is -1.27. The Balaban J connectivity index is 4.50. The smallest absolute Gasteiger partial charge is 0.143 e. The lowest BCUT2D eigenvalue weighted by molar-refractivity contribution is 0.142. The Bertz CT molecular complexity index is 180. The Morgan fingerprint density at radius 1 is 0.875 bits per heavy atom. The van der Waals surface area contributed by atoms with Crippen molar-refractivity contribution in [3.63, 3.8) is 0 Å². The lowest BCUT2D eigenvalue weighted by Crippen LogP contribution is -2.61. The summed E-state index contributed by atoms with van der Waals surface area (Å²) in [6.07, 6.45) is 1.29. The fourth-order valence-corrected chi connectivity index (χ4v) is 5.91. The van der Waals surface area contributed by atoms with Crippen molar-refractivity contribution in [2.75, 3.05) is 32.3 Å². The van der Waals surface area contributed by atoms with Gasteiger partial charge >= 0.3 is 0 Å². The molecule has 3 nitrogen and oxygen atoms in total. The van der Waals surface area contributed by atoms with E-state index in [0.717, 1.165) is 23.5 Å². The molecule has 0 unspecified atom stereocenters. The zero-order chi connectivity index (χ0) is 12.8. The van der Waals surface area contributed by atoms with E-state index in [1.165, 1.54) is 19.3 Å². The lowest BCUT2D eigenvalue weighted by Gasteiger charge is -2.43. The summed E-state index contributed by atoms with van der Waals surface area (Å²) in [6, 6.07) is 0. The van der Waals surface area contributed by atoms with Crippen LogP contribution in [0.25, 0.3) is 0 Å². The van der Waals surface area contributed by atoms with Crippen LogP contribution in [0.15, 0.2) is 0 Å². The molecule has 0 aromatic heterocycles. The van der Waals surface area contributed by atoms with Crippen LogP contribution in [0, 0.1) is 0 Å². The van der Waals surface area contributed by atoms with E-state index in [-0.39, 0.29) is 0 Å². The molecule has 0 aliphatic rings. The molecule has 0 amide bonds. The van der Waals surface area contributed by atoms with Crippen molar-refractivity contribution < 1.29 is 0 Å². The van der Waals surface area contributed by atoms with Crippen molar-refractivity contribution in [3.05, 3.63) is 0 Å². The molecule has 0 bridgehead atoms. The van der Waals surface area contributed by atoms with Crippen molar-refractivity contribution >= 4 is 18.6 Å². The van der Waals surface area contributed by atoms with E-state index in [4.69, 9.17) is 0 Å². The molecule has 0 aliphatic carbocycles. The van der Waals surface area contributed by atoms with Crippen LogP contribution in [0.2, 0.25) is 13.1 Å². The van der Waals surface area contributed by atoms with Gasteiger partial charge in [-0.1, -0.05) is 40.8 Å². The predicted octanol–water partition coefficient (Wildman–Crippen LogP) is 0.912. The van der Waals surface area contributed by atoms with E-state index in [0.29, 0.717) is 0 Å². The highest BCUT2D eigenvalue weighted by atomic mass is 28.4. The van der Waals surface area contributed by atoms with E-state index in [1.807, 2.05) is 0 Å². The molecule has 0 N–H and O–H groups in total. The van der Waals surface area contributed by atoms with Gasteiger partial charge in [-0.05, 0) is 13.1 Å². The van der Waals surface area contributed by atoms with Crippen LogP contribution in [0.5, 0.6) is 0 Å².